The maximum Gasteiger partial charge on any atom is 0.411 e. The van der Waals surface area contributed by atoms with Gasteiger partial charge in [0, 0.05) is 34.8 Å². The van der Waals surface area contributed by atoms with Crippen LogP contribution in [0.3, 0.4) is 0 Å². The maximum atomic E-state index is 11.9. The summed E-state index contributed by atoms with van der Waals surface area (Å²) in [5.41, 5.74) is 0.346. The summed E-state index contributed by atoms with van der Waals surface area (Å²) in [7, 11) is 0. The summed E-state index contributed by atoms with van der Waals surface area (Å²) in [4.78, 5) is 34.0. The molecule has 28 heavy (non-hydrogen) atoms. The number of amides is 1. The number of carbonyl (C=O) groups excluding carboxylic acids is 1. The van der Waals surface area contributed by atoms with Crippen LogP contribution in [0.5, 0.6) is 5.75 Å². The first kappa shape index (κ1) is 18.9. The number of nitrogens with one attached hydrogen (secondary N) is 1. The molecule has 1 heterocycles. The van der Waals surface area contributed by atoms with E-state index in [0.717, 1.165) is 0 Å². The van der Waals surface area contributed by atoms with E-state index in [-0.39, 0.29) is 30.2 Å². The van der Waals surface area contributed by atoms with Crippen molar-refractivity contribution in [3.05, 3.63) is 74.6 Å². The van der Waals surface area contributed by atoms with E-state index in [1.54, 1.807) is 25.1 Å². The quantitative estimate of drug-likeness (QED) is 0.389. The lowest BCUT2D eigenvalue weighted by Gasteiger charge is -2.10. The summed E-state index contributed by atoms with van der Waals surface area (Å²) >= 11 is 0. The van der Waals surface area contributed by atoms with E-state index in [1.165, 1.54) is 30.3 Å². The van der Waals surface area contributed by atoms with Gasteiger partial charge in [-0.05, 0) is 25.1 Å². The smallest absolute Gasteiger partial charge is 0.411 e. The molecule has 0 aliphatic carbocycles. The van der Waals surface area contributed by atoms with Gasteiger partial charge in [0.2, 0.25) is 0 Å². The van der Waals surface area contributed by atoms with Gasteiger partial charge in [-0.25, -0.2) is 9.59 Å². The van der Waals surface area contributed by atoms with E-state index in [2.05, 4.69) is 5.32 Å². The minimum absolute atomic E-state index is 0.0718. The zero-order valence-corrected chi connectivity index (χ0v) is 14.8. The summed E-state index contributed by atoms with van der Waals surface area (Å²) in [6, 6.07) is 12.0. The van der Waals surface area contributed by atoms with Gasteiger partial charge in [0.15, 0.2) is 5.75 Å². The highest BCUT2D eigenvalue weighted by Crippen LogP contribution is 2.28. The lowest BCUT2D eigenvalue weighted by atomic mass is 10.1. The largest absolute Gasteiger partial charge is 0.482 e. The van der Waals surface area contributed by atoms with E-state index in [1.807, 2.05) is 0 Å². The Kier molecular flexibility index (Phi) is 5.54. The number of hydrogen-bond donors (Lipinski definition) is 1. The summed E-state index contributed by atoms with van der Waals surface area (Å²) in [6.45, 7) is 1.83. The fraction of sp³-hybridized carbons (Fsp3) is 0.158. The fourth-order valence-corrected chi connectivity index (χ4v) is 2.60. The second kappa shape index (κ2) is 8.21. The van der Waals surface area contributed by atoms with Crippen molar-refractivity contribution in [3.8, 4) is 5.75 Å². The number of hydrogen-bond acceptors (Lipinski definition) is 7. The van der Waals surface area contributed by atoms with E-state index in [0.29, 0.717) is 16.6 Å². The molecule has 0 bridgehead atoms. The Morgan fingerprint density at radius 1 is 1.21 bits per heavy atom. The normalized spacial score (nSPS) is 10.5. The number of nitrogens with zero attached hydrogens (tertiary/aromatic N) is 1. The third-order valence-electron chi connectivity index (χ3n) is 3.80. The highest BCUT2D eigenvalue weighted by Gasteiger charge is 2.15. The molecule has 9 nitrogen and oxygen atoms in total. The first-order valence-electron chi connectivity index (χ1n) is 8.34. The number of benzene rings is 2. The van der Waals surface area contributed by atoms with Gasteiger partial charge >= 0.3 is 17.4 Å². The topological polar surface area (TPSA) is 121 Å². The Hall–Kier alpha value is -3.88. The van der Waals surface area contributed by atoms with Gasteiger partial charge in [-0.15, -0.1) is 0 Å². The molecule has 0 radical (unpaired) electrons. The number of carbonyl (C=O) groups is 1. The second-order valence-corrected chi connectivity index (χ2v) is 5.66. The number of ether oxygens (including phenoxy) is 2. The third kappa shape index (κ3) is 4.26. The van der Waals surface area contributed by atoms with Crippen LogP contribution in [-0.2, 0) is 11.3 Å². The number of rotatable bonds is 6. The van der Waals surface area contributed by atoms with Crippen LogP contribution >= 0.6 is 0 Å². The standard InChI is InChI=1S/C19H16N2O7/c1-2-26-19(23)20-13-7-8-14-12(9-18(22)28-17(14)10-13)11-27-16-6-4-3-5-15(16)21(24)25/h3-10H,2,11H2,1H3,(H,20,23). The average Bonchev–Trinajstić information content (AvgIpc) is 2.66. The fourth-order valence-electron chi connectivity index (χ4n) is 2.60. The highest BCUT2D eigenvalue weighted by molar-refractivity contribution is 5.89. The van der Waals surface area contributed by atoms with Gasteiger partial charge in [-0.2, -0.15) is 0 Å². The van der Waals surface area contributed by atoms with Crippen LogP contribution in [0.1, 0.15) is 12.5 Å². The summed E-state index contributed by atoms with van der Waals surface area (Å²) in [6.07, 6.45) is -0.625. The van der Waals surface area contributed by atoms with Gasteiger partial charge in [0.25, 0.3) is 0 Å². The molecule has 1 N–H and O–H groups in total. The maximum absolute atomic E-state index is 11.9. The van der Waals surface area contributed by atoms with E-state index >= 15 is 0 Å². The molecule has 0 saturated heterocycles. The Bertz CT molecular complexity index is 1090. The summed E-state index contributed by atoms with van der Waals surface area (Å²) in [5.74, 6) is 0.0921. The van der Waals surface area contributed by atoms with Gasteiger partial charge in [-0.1, -0.05) is 12.1 Å². The minimum atomic E-state index is -0.625. The first-order chi connectivity index (χ1) is 13.5. The van der Waals surface area contributed by atoms with Crippen LogP contribution < -0.4 is 15.7 Å². The SMILES string of the molecule is CCOC(=O)Nc1ccc2c(COc3ccccc3[N+](=O)[O-])cc(=O)oc2c1. The Morgan fingerprint density at radius 2 is 2.00 bits per heavy atom. The molecule has 3 aromatic rings. The van der Waals surface area contributed by atoms with Crippen molar-refractivity contribution < 1.29 is 23.6 Å². The van der Waals surface area contributed by atoms with Crippen molar-refractivity contribution >= 4 is 28.4 Å². The molecule has 0 atom stereocenters. The molecule has 0 spiro atoms. The van der Waals surface area contributed by atoms with Crippen molar-refractivity contribution in [3.63, 3.8) is 0 Å². The molecule has 0 aliphatic rings. The molecule has 3 rings (SSSR count). The zero-order valence-electron chi connectivity index (χ0n) is 14.8. The average molecular weight is 384 g/mol. The molecule has 0 aliphatic heterocycles. The van der Waals surface area contributed by atoms with Gasteiger partial charge < -0.3 is 13.9 Å². The second-order valence-electron chi connectivity index (χ2n) is 5.66. The molecule has 2 aromatic carbocycles. The van der Waals surface area contributed by atoms with E-state index < -0.39 is 16.6 Å². The molecular weight excluding hydrogens is 368 g/mol. The molecule has 0 fully saturated rings. The lowest BCUT2D eigenvalue weighted by molar-refractivity contribution is -0.385. The molecule has 0 saturated carbocycles. The van der Waals surface area contributed by atoms with Crippen LogP contribution in [0, 0.1) is 10.1 Å². The molecule has 1 amide bonds. The Labute approximate surface area is 158 Å². The van der Waals surface area contributed by atoms with Crippen molar-refractivity contribution in [1.29, 1.82) is 0 Å². The van der Waals surface area contributed by atoms with Crippen LogP contribution in [0.4, 0.5) is 16.2 Å². The Morgan fingerprint density at radius 3 is 2.75 bits per heavy atom. The van der Waals surface area contributed by atoms with Crippen molar-refractivity contribution in [2.75, 3.05) is 11.9 Å². The van der Waals surface area contributed by atoms with Crippen LogP contribution in [0.25, 0.3) is 11.0 Å². The van der Waals surface area contributed by atoms with Gasteiger partial charge in [0.05, 0.1) is 11.5 Å². The lowest BCUT2D eigenvalue weighted by Crippen LogP contribution is -2.13. The number of para-hydroxylation sites is 2. The van der Waals surface area contributed by atoms with E-state index in [9.17, 15) is 19.7 Å². The summed E-state index contributed by atoms with van der Waals surface area (Å²) < 4.78 is 15.6. The number of nitro groups is 1. The van der Waals surface area contributed by atoms with Crippen LogP contribution in [-0.4, -0.2) is 17.6 Å². The molecular formula is C19H16N2O7. The van der Waals surface area contributed by atoms with Crippen molar-refractivity contribution in [2.45, 2.75) is 13.5 Å². The zero-order chi connectivity index (χ0) is 20.1. The third-order valence-corrected chi connectivity index (χ3v) is 3.80. The predicted molar refractivity (Wildman–Crippen MR) is 101 cm³/mol. The number of nitro benzene ring substituents is 1. The predicted octanol–water partition coefficient (Wildman–Crippen LogP) is 3.85. The molecule has 0 unspecified atom stereocenters. The number of anilines is 1. The summed E-state index contributed by atoms with van der Waals surface area (Å²) in [5, 5.41) is 14.2. The van der Waals surface area contributed by atoms with Gasteiger partial charge in [0.1, 0.15) is 12.2 Å². The van der Waals surface area contributed by atoms with Gasteiger partial charge in [-0.3, -0.25) is 15.4 Å². The molecule has 144 valence electrons. The first-order valence-corrected chi connectivity index (χ1v) is 8.34. The molecule has 9 heteroatoms. The van der Waals surface area contributed by atoms with Crippen molar-refractivity contribution in [2.24, 2.45) is 0 Å². The van der Waals surface area contributed by atoms with Crippen molar-refractivity contribution in [1.82, 2.24) is 0 Å². The van der Waals surface area contributed by atoms with Crippen LogP contribution in [0.2, 0.25) is 0 Å². The van der Waals surface area contributed by atoms with E-state index in [4.69, 9.17) is 13.9 Å². The Balaban J connectivity index is 1.89. The minimum Gasteiger partial charge on any atom is -0.482 e. The number of fused-ring (bicyclic) bond motifs is 1. The molecule has 1 aromatic heterocycles. The monoisotopic (exact) mass is 384 g/mol. The van der Waals surface area contributed by atoms with Crippen LogP contribution in [0.15, 0.2) is 57.7 Å². The highest BCUT2D eigenvalue weighted by atomic mass is 16.6.